The van der Waals surface area contributed by atoms with Crippen molar-refractivity contribution in [1.29, 1.82) is 0 Å². The molecule has 0 aliphatic rings. The minimum Gasteiger partial charge on any atom is -0.481 e. The van der Waals surface area contributed by atoms with Gasteiger partial charge in [0.15, 0.2) is 5.78 Å². The van der Waals surface area contributed by atoms with Crippen LogP contribution in [0.3, 0.4) is 0 Å². The molecule has 0 fully saturated rings. The Balaban J connectivity index is 2.54. The highest BCUT2D eigenvalue weighted by Crippen LogP contribution is 2.22. The smallest absolute Gasteiger partial charge is 0.303 e. The van der Waals surface area contributed by atoms with Gasteiger partial charge in [-0.15, -0.1) is 11.3 Å². The van der Waals surface area contributed by atoms with Gasteiger partial charge in [0, 0.05) is 28.2 Å². The van der Waals surface area contributed by atoms with E-state index >= 15 is 0 Å². The van der Waals surface area contributed by atoms with E-state index in [0.29, 0.717) is 12.8 Å². The molecule has 1 heterocycles. The summed E-state index contributed by atoms with van der Waals surface area (Å²) >= 11 is 1.60. The van der Waals surface area contributed by atoms with E-state index in [1.54, 1.807) is 11.3 Å². The summed E-state index contributed by atoms with van der Waals surface area (Å²) in [4.78, 5) is 24.1. The first-order valence-electron chi connectivity index (χ1n) is 4.82. The molecule has 3 nitrogen and oxygen atoms in total. The number of rotatable bonds is 5. The molecule has 4 heteroatoms. The van der Waals surface area contributed by atoms with Gasteiger partial charge in [0.1, 0.15) is 0 Å². The van der Waals surface area contributed by atoms with Crippen LogP contribution < -0.4 is 0 Å². The van der Waals surface area contributed by atoms with Gasteiger partial charge in [0.05, 0.1) is 0 Å². The van der Waals surface area contributed by atoms with Crippen molar-refractivity contribution >= 4 is 23.1 Å². The summed E-state index contributed by atoms with van der Waals surface area (Å²) in [5, 5.41) is 8.45. The molecule has 0 amide bonds. The molecule has 1 N–H and O–H groups in total. The van der Waals surface area contributed by atoms with Crippen molar-refractivity contribution < 1.29 is 14.7 Å². The molecule has 0 aromatic carbocycles. The summed E-state index contributed by atoms with van der Waals surface area (Å²) in [6.45, 7) is 3.88. The quantitative estimate of drug-likeness (QED) is 0.785. The average molecular weight is 226 g/mol. The molecule has 1 aromatic heterocycles. The number of carbonyl (C=O) groups excluding carboxylic acids is 1. The molecule has 1 aromatic rings. The van der Waals surface area contributed by atoms with Crippen LogP contribution in [0.25, 0.3) is 0 Å². The summed E-state index contributed by atoms with van der Waals surface area (Å²) in [7, 11) is 0. The minimum atomic E-state index is -0.846. The highest BCUT2D eigenvalue weighted by Gasteiger charge is 2.11. The van der Waals surface area contributed by atoms with E-state index in [2.05, 4.69) is 0 Å². The number of hydrogen-bond acceptors (Lipinski definition) is 3. The van der Waals surface area contributed by atoms with Crippen LogP contribution >= 0.6 is 11.3 Å². The molecule has 0 unspecified atom stereocenters. The molecule has 0 atom stereocenters. The second kappa shape index (κ2) is 5.07. The number of thiophene rings is 1. The zero-order valence-electron chi connectivity index (χ0n) is 8.87. The van der Waals surface area contributed by atoms with Crippen LogP contribution in [0.15, 0.2) is 6.07 Å². The number of Topliss-reactive ketones (excluding diaryl/α,β-unsaturated/α-hetero) is 1. The SMILES string of the molecule is Cc1cc(C(=O)CCCC(=O)O)c(C)s1. The maximum absolute atomic E-state index is 11.7. The van der Waals surface area contributed by atoms with Gasteiger partial charge in [-0.1, -0.05) is 0 Å². The molecular weight excluding hydrogens is 212 g/mol. The van der Waals surface area contributed by atoms with Crippen molar-refractivity contribution in [2.24, 2.45) is 0 Å². The lowest BCUT2D eigenvalue weighted by atomic mass is 10.1. The number of carbonyl (C=O) groups is 2. The number of carboxylic acids is 1. The maximum atomic E-state index is 11.7. The van der Waals surface area contributed by atoms with E-state index in [9.17, 15) is 9.59 Å². The average Bonchev–Trinajstić information content (AvgIpc) is 2.44. The van der Waals surface area contributed by atoms with Crippen molar-refractivity contribution in [2.45, 2.75) is 33.1 Å². The normalized spacial score (nSPS) is 10.3. The zero-order chi connectivity index (χ0) is 11.4. The van der Waals surface area contributed by atoms with Crippen molar-refractivity contribution in [2.75, 3.05) is 0 Å². The molecule has 0 spiro atoms. The molecule has 1 rings (SSSR count). The van der Waals surface area contributed by atoms with Crippen molar-refractivity contribution in [3.05, 3.63) is 21.4 Å². The fourth-order valence-corrected chi connectivity index (χ4v) is 2.38. The molecular formula is C11H14O3S. The third-order valence-corrected chi connectivity index (χ3v) is 3.10. The fraction of sp³-hybridized carbons (Fsp3) is 0.455. The Morgan fingerprint density at radius 1 is 1.33 bits per heavy atom. The predicted octanol–water partition coefficient (Wildman–Crippen LogP) is 2.80. The lowest BCUT2D eigenvalue weighted by Gasteiger charge is -1.98. The highest BCUT2D eigenvalue weighted by atomic mass is 32.1. The summed E-state index contributed by atoms with van der Waals surface area (Å²) < 4.78 is 0. The van der Waals surface area contributed by atoms with Gasteiger partial charge >= 0.3 is 5.97 Å². The lowest BCUT2D eigenvalue weighted by Crippen LogP contribution is -2.01. The monoisotopic (exact) mass is 226 g/mol. The summed E-state index contributed by atoms with van der Waals surface area (Å²) in [5.41, 5.74) is 0.753. The van der Waals surface area contributed by atoms with Crippen LogP contribution in [0, 0.1) is 13.8 Å². The van der Waals surface area contributed by atoms with Crippen LogP contribution in [-0.4, -0.2) is 16.9 Å². The van der Waals surface area contributed by atoms with Crippen LogP contribution in [0.4, 0.5) is 0 Å². The highest BCUT2D eigenvalue weighted by molar-refractivity contribution is 7.12. The summed E-state index contributed by atoms with van der Waals surface area (Å²) in [5.74, 6) is -0.792. The molecule has 0 radical (unpaired) electrons. The van der Waals surface area contributed by atoms with Gasteiger partial charge in [0.25, 0.3) is 0 Å². The molecule has 0 aliphatic carbocycles. The van der Waals surface area contributed by atoms with Crippen molar-refractivity contribution in [3.8, 4) is 0 Å². The second-order valence-electron chi connectivity index (χ2n) is 3.50. The van der Waals surface area contributed by atoms with Gasteiger partial charge in [-0.3, -0.25) is 9.59 Å². The molecule has 82 valence electrons. The Labute approximate surface area is 92.7 Å². The fourth-order valence-electron chi connectivity index (χ4n) is 1.44. The first kappa shape index (κ1) is 11.9. The summed E-state index contributed by atoms with van der Waals surface area (Å²) in [6.07, 6.45) is 0.805. The van der Waals surface area contributed by atoms with E-state index < -0.39 is 5.97 Å². The summed E-state index contributed by atoms with van der Waals surface area (Å²) in [6, 6.07) is 1.88. The zero-order valence-corrected chi connectivity index (χ0v) is 9.69. The third-order valence-electron chi connectivity index (χ3n) is 2.14. The van der Waals surface area contributed by atoms with E-state index in [4.69, 9.17) is 5.11 Å². The van der Waals surface area contributed by atoms with Gasteiger partial charge < -0.3 is 5.11 Å². The van der Waals surface area contributed by atoms with Crippen LogP contribution in [0.5, 0.6) is 0 Å². The Kier molecular flexibility index (Phi) is 4.03. The number of aryl methyl sites for hydroxylation is 2. The van der Waals surface area contributed by atoms with Crippen molar-refractivity contribution in [3.63, 3.8) is 0 Å². The van der Waals surface area contributed by atoms with Gasteiger partial charge in [-0.2, -0.15) is 0 Å². The van der Waals surface area contributed by atoms with Gasteiger partial charge in [-0.05, 0) is 26.3 Å². The lowest BCUT2D eigenvalue weighted by molar-refractivity contribution is -0.137. The van der Waals surface area contributed by atoms with E-state index in [0.717, 1.165) is 15.3 Å². The Morgan fingerprint density at radius 2 is 2.00 bits per heavy atom. The van der Waals surface area contributed by atoms with E-state index in [1.807, 2.05) is 19.9 Å². The van der Waals surface area contributed by atoms with E-state index in [1.165, 1.54) is 0 Å². The number of hydrogen-bond donors (Lipinski definition) is 1. The molecule has 0 bridgehead atoms. The van der Waals surface area contributed by atoms with Gasteiger partial charge in [0.2, 0.25) is 0 Å². The van der Waals surface area contributed by atoms with E-state index in [-0.39, 0.29) is 12.2 Å². The molecule has 0 aliphatic heterocycles. The first-order chi connectivity index (χ1) is 7.00. The minimum absolute atomic E-state index is 0.0538. The number of carboxylic acid groups (broad SMARTS) is 1. The molecule has 15 heavy (non-hydrogen) atoms. The first-order valence-corrected chi connectivity index (χ1v) is 5.64. The number of aliphatic carboxylic acids is 1. The van der Waals surface area contributed by atoms with Crippen LogP contribution in [-0.2, 0) is 4.79 Å². The maximum Gasteiger partial charge on any atom is 0.303 e. The second-order valence-corrected chi connectivity index (χ2v) is 4.96. The number of ketones is 1. The largest absolute Gasteiger partial charge is 0.481 e. The predicted molar refractivity (Wildman–Crippen MR) is 59.6 cm³/mol. The molecule has 0 saturated heterocycles. The third kappa shape index (κ3) is 3.47. The van der Waals surface area contributed by atoms with Gasteiger partial charge in [-0.25, -0.2) is 0 Å². The Bertz CT molecular complexity index is 379. The standard InChI is InChI=1S/C11H14O3S/c1-7-6-9(8(2)15-7)10(12)4-3-5-11(13)14/h6H,3-5H2,1-2H3,(H,13,14). The van der Waals surface area contributed by atoms with Crippen LogP contribution in [0.1, 0.15) is 39.4 Å². The van der Waals surface area contributed by atoms with Crippen LogP contribution in [0.2, 0.25) is 0 Å². The topological polar surface area (TPSA) is 54.4 Å². The Hall–Kier alpha value is -1.16. The van der Waals surface area contributed by atoms with Crippen molar-refractivity contribution in [1.82, 2.24) is 0 Å². The Morgan fingerprint density at radius 3 is 2.47 bits per heavy atom. The molecule has 0 saturated carbocycles.